The van der Waals surface area contributed by atoms with Crippen LogP contribution in [0.4, 0.5) is 0 Å². The molecule has 1 aromatic carbocycles. The molecule has 0 bridgehead atoms. The zero-order valence-corrected chi connectivity index (χ0v) is 18.9. The van der Waals surface area contributed by atoms with Crippen molar-refractivity contribution < 1.29 is 14.3 Å². The third kappa shape index (κ3) is 6.45. The van der Waals surface area contributed by atoms with E-state index in [1.807, 2.05) is 43.0 Å². The first kappa shape index (κ1) is 23.1. The number of nitrogens with one attached hydrogen (secondary N) is 1. The number of esters is 1. The Bertz CT molecular complexity index is 774. The fourth-order valence-corrected chi connectivity index (χ4v) is 4.30. The Labute approximate surface area is 185 Å². The van der Waals surface area contributed by atoms with Gasteiger partial charge in [0.05, 0.1) is 19.1 Å². The molecule has 0 aliphatic carbocycles. The second kappa shape index (κ2) is 11.7. The molecule has 2 fully saturated rings. The number of hydrogen-bond donors (Lipinski definition) is 1. The lowest BCUT2D eigenvalue weighted by atomic mass is 9.98. The molecule has 2 heterocycles. The summed E-state index contributed by atoms with van der Waals surface area (Å²) in [4.78, 5) is 33.9. The minimum atomic E-state index is -0.119. The van der Waals surface area contributed by atoms with Crippen LogP contribution in [0.5, 0.6) is 0 Å². The lowest BCUT2D eigenvalue weighted by Gasteiger charge is -2.34. The molecule has 7 nitrogen and oxygen atoms in total. The standard InChI is InChI=1S/C24H36N4O3/c1-3-25-24(28-15-9-12-21(18-28)23(30)31-4-2)26-17-19-10-8-11-20(16-19)22(29)27-13-6-5-7-14-27/h8,10-11,16,21H,3-7,9,12-15,17-18H2,1-2H3,(H,25,26)/t21-/m1/s1. The number of rotatable bonds is 6. The van der Waals surface area contributed by atoms with Crippen LogP contribution in [0.25, 0.3) is 0 Å². The van der Waals surface area contributed by atoms with E-state index >= 15 is 0 Å². The quantitative estimate of drug-likeness (QED) is 0.428. The van der Waals surface area contributed by atoms with Gasteiger partial charge in [0.2, 0.25) is 0 Å². The van der Waals surface area contributed by atoms with E-state index in [1.165, 1.54) is 6.42 Å². The number of carbonyl (C=O) groups excluding carboxylic acids is 2. The van der Waals surface area contributed by atoms with Gasteiger partial charge in [-0.1, -0.05) is 12.1 Å². The average molecular weight is 429 g/mol. The lowest BCUT2D eigenvalue weighted by Crippen LogP contribution is -2.48. The molecule has 31 heavy (non-hydrogen) atoms. The molecule has 2 aliphatic rings. The van der Waals surface area contributed by atoms with Crippen LogP contribution in [0.1, 0.15) is 61.9 Å². The van der Waals surface area contributed by atoms with E-state index in [0.717, 1.165) is 68.9 Å². The number of likely N-dealkylation sites (tertiary alicyclic amines) is 2. The molecule has 1 atom stereocenters. The van der Waals surface area contributed by atoms with Gasteiger partial charge in [0.1, 0.15) is 0 Å². The lowest BCUT2D eigenvalue weighted by molar-refractivity contribution is -0.149. The molecule has 7 heteroatoms. The maximum Gasteiger partial charge on any atom is 0.310 e. The molecule has 2 saturated heterocycles. The summed E-state index contributed by atoms with van der Waals surface area (Å²) in [5.74, 6) is 0.699. The van der Waals surface area contributed by atoms with E-state index in [2.05, 4.69) is 10.2 Å². The molecule has 2 aliphatic heterocycles. The van der Waals surface area contributed by atoms with Gasteiger partial charge < -0.3 is 19.9 Å². The molecule has 0 unspecified atom stereocenters. The van der Waals surface area contributed by atoms with Crippen molar-refractivity contribution in [1.82, 2.24) is 15.1 Å². The fraction of sp³-hybridized carbons (Fsp3) is 0.625. The van der Waals surface area contributed by atoms with E-state index in [0.29, 0.717) is 19.7 Å². The summed E-state index contributed by atoms with van der Waals surface area (Å²) < 4.78 is 5.22. The Hall–Kier alpha value is -2.57. The fourth-order valence-electron chi connectivity index (χ4n) is 4.30. The number of nitrogens with zero attached hydrogens (tertiary/aromatic N) is 3. The third-order valence-electron chi connectivity index (χ3n) is 5.90. The normalized spacial score (nSPS) is 19.8. The van der Waals surface area contributed by atoms with Gasteiger partial charge >= 0.3 is 5.97 Å². The SMILES string of the molecule is CCNC(=NCc1cccc(C(=O)N2CCCCC2)c1)N1CCC[C@@H](C(=O)OCC)C1. The molecular formula is C24H36N4O3. The Morgan fingerprint density at radius 2 is 1.87 bits per heavy atom. The van der Waals surface area contributed by atoms with Crippen molar-refractivity contribution in [2.75, 3.05) is 39.3 Å². The van der Waals surface area contributed by atoms with Crippen LogP contribution in [0, 0.1) is 5.92 Å². The monoisotopic (exact) mass is 428 g/mol. The summed E-state index contributed by atoms with van der Waals surface area (Å²) >= 11 is 0. The van der Waals surface area contributed by atoms with Crippen molar-refractivity contribution >= 4 is 17.8 Å². The molecule has 170 valence electrons. The van der Waals surface area contributed by atoms with Gasteiger partial charge in [0.25, 0.3) is 5.91 Å². The molecule has 3 rings (SSSR count). The molecule has 1 amide bonds. The second-order valence-electron chi connectivity index (χ2n) is 8.26. The van der Waals surface area contributed by atoms with E-state index in [9.17, 15) is 9.59 Å². The minimum absolute atomic E-state index is 0.108. The maximum absolute atomic E-state index is 12.8. The van der Waals surface area contributed by atoms with Gasteiger partial charge in [-0.05, 0) is 63.6 Å². The van der Waals surface area contributed by atoms with Crippen molar-refractivity contribution in [2.45, 2.75) is 52.5 Å². The first-order valence-electron chi connectivity index (χ1n) is 11.7. The van der Waals surface area contributed by atoms with Crippen molar-refractivity contribution in [3.8, 4) is 0 Å². The van der Waals surface area contributed by atoms with Crippen LogP contribution in [0.2, 0.25) is 0 Å². The number of carbonyl (C=O) groups is 2. The highest BCUT2D eigenvalue weighted by molar-refractivity contribution is 5.94. The Morgan fingerprint density at radius 3 is 2.61 bits per heavy atom. The van der Waals surface area contributed by atoms with Crippen LogP contribution in [0.15, 0.2) is 29.3 Å². The van der Waals surface area contributed by atoms with E-state index in [1.54, 1.807) is 0 Å². The number of piperidine rings is 2. The third-order valence-corrected chi connectivity index (χ3v) is 5.90. The van der Waals surface area contributed by atoms with Crippen LogP contribution in [0.3, 0.4) is 0 Å². The van der Waals surface area contributed by atoms with Gasteiger partial charge in [-0.15, -0.1) is 0 Å². The van der Waals surface area contributed by atoms with Crippen LogP contribution < -0.4 is 5.32 Å². The summed E-state index contributed by atoms with van der Waals surface area (Å²) in [5, 5.41) is 3.35. The van der Waals surface area contributed by atoms with E-state index in [4.69, 9.17) is 9.73 Å². The molecule has 0 aromatic heterocycles. The minimum Gasteiger partial charge on any atom is -0.466 e. The number of amides is 1. The molecule has 1 N–H and O–H groups in total. The highest BCUT2D eigenvalue weighted by Crippen LogP contribution is 2.19. The highest BCUT2D eigenvalue weighted by atomic mass is 16.5. The predicted molar refractivity (Wildman–Crippen MR) is 122 cm³/mol. The molecule has 0 spiro atoms. The van der Waals surface area contributed by atoms with Crippen molar-refractivity contribution in [3.05, 3.63) is 35.4 Å². The number of guanidine groups is 1. The van der Waals surface area contributed by atoms with Gasteiger partial charge in [0.15, 0.2) is 5.96 Å². The van der Waals surface area contributed by atoms with Gasteiger partial charge in [-0.25, -0.2) is 4.99 Å². The van der Waals surface area contributed by atoms with E-state index in [-0.39, 0.29) is 17.8 Å². The summed E-state index contributed by atoms with van der Waals surface area (Å²) in [6.45, 7) is 8.74. The van der Waals surface area contributed by atoms with Crippen molar-refractivity contribution in [2.24, 2.45) is 10.9 Å². The number of hydrogen-bond acceptors (Lipinski definition) is 4. The Kier molecular flexibility index (Phi) is 8.74. The van der Waals surface area contributed by atoms with Crippen LogP contribution in [-0.2, 0) is 16.1 Å². The zero-order valence-electron chi connectivity index (χ0n) is 18.9. The summed E-state index contributed by atoms with van der Waals surface area (Å²) in [7, 11) is 0. The van der Waals surface area contributed by atoms with Gasteiger partial charge in [-0.3, -0.25) is 9.59 Å². The molecular weight excluding hydrogens is 392 g/mol. The van der Waals surface area contributed by atoms with Crippen LogP contribution >= 0.6 is 0 Å². The van der Waals surface area contributed by atoms with E-state index < -0.39 is 0 Å². The first-order valence-corrected chi connectivity index (χ1v) is 11.7. The maximum atomic E-state index is 12.8. The largest absolute Gasteiger partial charge is 0.466 e. The Morgan fingerprint density at radius 1 is 1.10 bits per heavy atom. The molecule has 1 aromatic rings. The number of benzene rings is 1. The first-order chi connectivity index (χ1) is 15.1. The number of ether oxygens (including phenoxy) is 1. The smallest absolute Gasteiger partial charge is 0.310 e. The highest BCUT2D eigenvalue weighted by Gasteiger charge is 2.28. The predicted octanol–water partition coefficient (Wildman–Crippen LogP) is 3.05. The molecule has 0 radical (unpaired) electrons. The van der Waals surface area contributed by atoms with Crippen LogP contribution in [-0.4, -0.2) is 67.0 Å². The Balaban J connectivity index is 1.67. The van der Waals surface area contributed by atoms with Crippen molar-refractivity contribution in [1.29, 1.82) is 0 Å². The van der Waals surface area contributed by atoms with Crippen molar-refractivity contribution in [3.63, 3.8) is 0 Å². The average Bonchev–Trinajstić information content (AvgIpc) is 2.82. The number of aliphatic imine (C=N–C) groups is 1. The second-order valence-corrected chi connectivity index (χ2v) is 8.26. The summed E-state index contributed by atoms with van der Waals surface area (Å²) in [5.41, 5.74) is 1.75. The summed E-state index contributed by atoms with van der Waals surface area (Å²) in [6, 6.07) is 7.80. The molecule has 0 saturated carbocycles. The van der Waals surface area contributed by atoms with Gasteiger partial charge in [0, 0.05) is 38.3 Å². The van der Waals surface area contributed by atoms with Gasteiger partial charge in [-0.2, -0.15) is 0 Å². The topological polar surface area (TPSA) is 74.2 Å². The summed E-state index contributed by atoms with van der Waals surface area (Å²) in [6.07, 6.45) is 5.18. The zero-order chi connectivity index (χ0) is 22.1.